The molecule has 0 aromatic rings. The molecule has 0 amide bonds. The molecule has 2 atom stereocenters. The van der Waals surface area contributed by atoms with Crippen LogP contribution < -0.4 is 0 Å². The van der Waals surface area contributed by atoms with Crippen molar-refractivity contribution in [1.82, 2.24) is 0 Å². The van der Waals surface area contributed by atoms with E-state index in [9.17, 15) is 0 Å². The highest BCUT2D eigenvalue weighted by molar-refractivity contribution is 5.80. The summed E-state index contributed by atoms with van der Waals surface area (Å²) in [5.74, 6) is 1.09. The number of nitrogens with zero attached hydrogens (tertiary/aromatic N) is 1. The molecular formula is C13H19N. The summed E-state index contributed by atoms with van der Waals surface area (Å²) in [6.45, 7) is 8.34. The smallest absolute Gasteiger partial charge is 0.0338 e. The number of allylic oxidation sites excluding steroid dienone is 6. The van der Waals surface area contributed by atoms with Crippen LogP contribution >= 0.6 is 0 Å². The van der Waals surface area contributed by atoms with Crippen LogP contribution in [0.3, 0.4) is 0 Å². The Morgan fingerprint density at radius 2 is 1.79 bits per heavy atom. The van der Waals surface area contributed by atoms with Gasteiger partial charge in [-0.15, -0.1) is 0 Å². The highest BCUT2D eigenvalue weighted by Crippen LogP contribution is 2.21. The number of rotatable bonds is 2. The fourth-order valence-corrected chi connectivity index (χ4v) is 1.61. The maximum absolute atomic E-state index is 4.43. The van der Waals surface area contributed by atoms with Crippen molar-refractivity contribution in [2.24, 2.45) is 16.8 Å². The van der Waals surface area contributed by atoms with Gasteiger partial charge in [0, 0.05) is 17.3 Å². The first kappa shape index (κ1) is 11.0. The molecule has 76 valence electrons. The van der Waals surface area contributed by atoms with E-state index in [1.165, 1.54) is 0 Å². The maximum atomic E-state index is 4.43. The van der Waals surface area contributed by atoms with E-state index in [4.69, 9.17) is 0 Å². The highest BCUT2D eigenvalue weighted by Gasteiger charge is 2.10. The van der Waals surface area contributed by atoms with Gasteiger partial charge in [-0.1, -0.05) is 37.3 Å². The minimum absolute atomic E-state index is 0.503. The zero-order chi connectivity index (χ0) is 10.6. The Kier molecular flexibility index (Phi) is 3.87. The fraction of sp³-hybridized carbons (Fsp3) is 0.462. The number of hydrogen-bond donors (Lipinski definition) is 0. The first-order valence-corrected chi connectivity index (χ1v) is 5.15. The molecule has 1 nitrogen and oxygen atoms in total. The summed E-state index contributed by atoms with van der Waals surface area (Å²) in [5.41, 5.74) is 2.23. The van der Waals surface area contributed by atoms with E-state index >= 15 is 0 Å². The molecule has 1 heteroatoms. The van der Waals surface area contributed by atoms with E-state index in [0.29, 0.717) is 11.8 Å². The topological polar surface area (TPSA) is 12.4 Å². The van der Waals surface area contributed by atoms with Crippen LogP contribution in [0.15, 0.2) is 41.1 Å². The molecule has 2 unspecified atom stereocenters. The monoisotopic (exact) mass is 189 g/mol. The van der Waals surface area contributed by atoms with Gasteiger partial charge in [0.15, 0.2) is 0 Å². The zero-order valence-electron chi connectivity index (χ0n) is 9.49. The maximum Gasteiger partial charge on any atom is 0.0338 e. The van der Waals surface area contributed by atoms with Crippen molar-refractivity contribution < 1.29 is 0 Å². The second-order valence-electron chi connectivity index (χ2n) is 4.07. The molecule has 1 rings (SSSR count). The van der Waals surface area contributed by atoms with E-state index < -0.39 is 0 Å². The van der Waals surface area contributed by atoms with Gasteiger partial charge in [-0.2, -0.15) is 0 Å². The molecule has 1 aliphatic rings. The van der Waals surface area contributed by atoms with Gasteiger partial charge in [0.05, 0.1) is 0 Å². The first-order chi connectivity index (χ1) is 6.59. The van der Waals surface area contributed by atoms with E-state index in [-0.39, 0.29) is 0 Å². The Hall–Kier alpha value is -1.11. The summed E-state index contributed by atoms with van der Waals surface area (Å²) in [6.07, 6.45) is 10.9. The fourth-order valence-electron chi connectivity index (χ4n) is 1.61. The van der Waals surface area contributed by atoms with Crippen molar-refractivity contribution in [2.45, 2.75) is 27.7 Å². The molecule has 0 fully saturated rings. The third-order valence-electron chi connectivity index (χ3n) is 2.30. The van der Waals surface area contributed by atoms with Crippen LogP contribution in [0.5, 0.6) is 0 Å². The Labute approximate surface area is 86.9 Å². The van der Waals surface area contributed by atoms with Crippen LogP contribution in [0, 0.1) is 11.8 Å². The Morgan fingerprint density at radius 1 is 1.14 bits per heavy atom. The summed E-state index contributed by atoms with van der Waals surface area (Å²) in [6, 6.07) is 0. The third-order valence-corrected chi connectivity index (χ3v) is 2.30. The highest BCUT2D eigenvalue weighted by atomic mass is 14.7. The van der Waals surface area contributed by atoms with Crippen molar-refractivity contribution in [1.29, 1.82) is 0 Å². The third kappa shape index (κ3) is 3.33. The van der Waals surface area contributed by atoms with Gasteiger partial charge in [0.2, 0.25) is 0 Å². The van der Waals surface area contributed by atoms with Gasteiger partial charge < -0.3 is 0 Å². The normalized spacial score (nSPS) is 26.4. The quantitative estimate of drug-likeness (QED) is 0.587. The standard InChI is InChI=1S/C13H19N/c1-10(2)14-12(4)9-13-8-6-5-7-11(13)3/h5-9,11,13H,1-4H3/b12-9+. The van der Waals surface area contributed by atoms with Crippen molar-refractivity contribution in [2.75, 3.05) is 0 Å². The molecule has 1 aliphatic carbocycles. The molecule has 0 saturated heterocycles. The number of aliphatic imine (C=N–C) groups is 1. The molecule has 0 aliphatic heterocycles. The van der Waals surface area contributed by atoms with Crippen LogP contribution in [0.4, 0.5) is 0 Å². The SMILES string of the molecule is CC(C)=N/C(C)=C/C1C=CC=CC1C. The predicted octanol–water partition coefficient (Wildman–Crippen LogP) is 3.75. The van der Waals surface area contributed by atoms with Crippen molar-refractivity contribution >= 4 is 5.71 Å². The molecule has 0 aromatic heterocycles. The van der Waals surface area contributed by atoms with Crippen LogP contribution in [0.25, 0.3) is 0 Å². The van der Waals surface area contributed by atoms with Gasteiger partial charge in [-0.3, -0.25) is 4.99 Å². The second-order valence-corrected chi connectivity index (χ2v) is 4.07. The van der Waals surface area contributed by atoms with E-state index in [1.807, 2.05) is 13.8 Å². The van der Waals surface area contributed by atoms with Gasteiger partial charge in [0.25, 0.3) is 0 Å². The lowest BCUT2D eigenvalue weighted by Crippen LogP contribution is -2.06. The molecule has 0 aromatic carbocycles. The Balaban J connectivity index is 2.72. The molecule has 0 heterocycles. The summed E-state index contributed by atoms with van der Waals surface area (Å²) < 4.78 is 0. The molecular weight excluding hydrogens is 170 g/mol. The van der Waals surface area contributed by atoms with E-state index in [0.717, 1.165) is 11.4 Å². The molecule has 0 saturated carbocycles. The lowest BCUT2D eigenvalue weighted by atomic mass is 9.89. The molecule has 0 N–H and O–H groups in total. The van der Waals surface area contributed by atoms with Gasteiger partial charge in [-0.25, -0.2) is 0 Å². The minimum Gasteiger partial charge on any atom is -0.263 e. The second kappa shape index (κ2) is 4.94. The molecule has 0 bridgehead atoms. The van der Waals surface area contributed by atoms with Gasteiger partial charge in [-0.05, 0) is 26.7 Å². The van der Waals surface area contributed by atoms with Crippen molar-refractivity contribution in [3.05, 3.63) is 36.1 Å². The molecule has 14 heavy (non-hydrogen) atoms. The average Bonchev–Trinajstić information content (AvgIpc) is 2.07. The van der Waals surface area contributed by atoms with E-state index in [2.05, 4.69) is 49.2 Å². The van der Waals surface area contributed by atoms with Crippen molar-refractivity contribution in [3.8, 4) is 0 Å². The zero-order valence-corrected chi connectivity index (χ0v) is 9.49. The largest absolute Gasteiger partial charge is 0.263 e. The molecule has 0 radical (unpaired) electrons. The predicted molar refractivity (Wildman–Crippen MR) is 63.5 cm³/mol. The Bertz CT molecular complexity index is 301. The van der Waals surface area contributed by atoms with Crippen LogP contribution in [-0.4, -0.2) is 5.71 Å². The van der Waals surface area contributed by atoms with Gasteiger partial charge >= 0.3 is 0 Å². The lowest BCUT2D eigenvalue weighted by molar-refractivity contribution is 0.602. The summed E-state index contributed by atoms with van der Waals surface area (Å²) >= 11 is 0. The van der Waals surface area contributed by atoms with Gasteiger partial charge in [0.1, 0.15) is 0 Å². The van der Waals surface area contributed by atoms with Crippen LogP contribution in [0.2, 0.25) is 0 Å². The van der Waals surface area contributed by atoms with Crippen LogP contribution in [0.1, 0.15) is 27.7 Å². The number of hydrogen-bond acceptors (Lipinski definition) is 1. The summed E-state index contributed by atoms with van der Waals surface area (Å²) in [7, 11) is 0. The van der Waals surface area contributed by atoms with Crippen molar-refractivity contribution in [3.63, 3.8) is 0 Å². The molecule has 0 spiro atoms. The summed E-state index contributed by atoms with van der Waals surface area (Å²) in [4.78, 5) is 4.43. The van der Waals surface area contributed by atoms with Crippen LogP contribution in [-0.2, 0) is 0 Å². The van der Waals surface area contributed by atoms with E-state index in [1.54, 1.807) is 0 Å². The lowest BCUT2D eigenvalue weighted by Gasteiger charge is -2.16. The first-order valence-electron chi connectivity index (χ1n) is 5.15. The summed E-state index contributed by atoms with van der Waals surface area (Å²) in [5, 5.41) is 0. The average molecular weight is 189 g/mol. The minimum atomic E-state index is 0.503. The Morgan fingerprint density at radius 3 is 2.36 bits per heavy atom.